The lowest BCUT2D eigenvalue weighted by atomic mass is 10.2. The van der Waals surface area contributed by atoms with Crippen LogP contribution in [-0.2, 0) is 6.54 Å². The van der Waals surface area contributed by atoms with Gasteiger partial charge in [-0.1, -0.05) is 6.07 Å². The molecule has 1 aliphatic rings. The van der Waals surface area contributed by atoms with E-state index in [2.05, 4.69) is 10.3 Å². The molecule has 2 heterocycles. The Labute approximate surface area is 140 Å². The summed E-state index contributed by atoms with van der Waals surface area (Å²) in [7, 11) is 1.62. The lowest BCUT2D eigenvalue weighted by Crippen LogP contribution is -2.09. The van der Waals surface area contributed by atoms with E-state index >= 15 is 0 Å². The summed E-state index contributed by atoms with van der Waals surface area (Å²) in [5.41, 5.74) is 13.9. The minimum atomic E-state index is 0.241. The Morgan fingerprint density at radius 2 is 1.92 bits per heavy atom. The molecule has 4 bridgehead atoms. The van der Waals surface area contributed by atoms with Crippen LogP contribution in [-0.4, -0.2) is 25.3 Å². The Balaban J connectivity index is 1.94. The topological polar surface area (TPSA) is 105 Å². The summed E-state index contributed by atoms with van der Waals surface area (Å²) in [5, 5.41) is 3.25. The molecule has 3 rings (SSSR count). The van der Waals surface area contributed by atoms with Crippen LogP contribution in [0.15, 0.2) is 36.4 Å². The molecule has 7 heteroatoms. The van der Waals surface area contributed by atoms with Gasteiger partial charge >= 0.3 is 0 Å². The second-order valence-electron chi connectivity index (χ2n) is 5.24. The van der Waals surface area contributed by atoms with Gasteiger partial charge in [-0.3, -0.25) is 0 Å². The summed E-state index contributed by atoms with van der Waals surface area (Å²) in [6.07, 6.45) is 3.72. The number of hydrogen-bond donors (Lipinski definition) is 3. The van der Waals surface area contributed by atoms with Gasteiger partial charge in [-0.2, -0.15) is 4.98 Å². The third kappa shape index (κ3) is 3.45. The summed E-state index contributed by atoms with van der Waals surface area (Å²) in [4.78, 5) is 4.13. The van der Waals surface area contributed by atoms with Crippen LogP contribution in [0.3, 0.4) is 0 Å². The Bertz CT molecular complexity index is 762. The first-order valence-electron chi connectivity index (χ1n) is 7.54. The number of rotatable bonds is 1. The summed E-state index contributed by atoms with van der Waals surface area (Å²) >= 11 is 0. The molecule has 0 spiro atoms. The molecule has 0 amide bonds. The molecule has 5 N–H and O–H groups in total. The lowest BCUT2D eigenvalue weighted by Gasteiger charge is -2.15. The van der Waals surface area contributed by atoms with Crippen molar-refractivity contribution >= 4 is 17.2 Å². The van der Waals surface area contributed by atoms with Gasteiger partial charge in [-0.15, -0.1) is 0 Å². The van der Waals surface area contributed by atoms with Gasteiger partial charge in [0.1, 0.15) is 13.2 Å². The Morgan fingerprint density at radius 1 is 1.12 bits per heavy atom. The van der Waals surface area contributed by atoms with E-state index in [1.807, 2.05) is 30.4 Å². The average molecular weight is 328 g/mol. The lowest BCUT2D eigenvalue weighted by molar-refractivity contribution is 0.322. The zero-order chi connectivity index (χ0) is 16.9. The number of pyridine rings is 1. The zero-order valence-corrected chi connectivity index (χ0v) is 13.4. The number of nitrogen functional groups attached to an aromatic ring is 2. The van der Waals surface area contributed by atoms with E-state index in [1.54, 1.807) is 13.2 Å². The van der Waals surface area contributed by atoms with Gasteiger partial charge in [-0.25, -0.2) is 0 Å². The SMILES string of the molecule is COc1ccc2cc1OC/C=C/COc1cc(c(N)c(N)n1)NC2. The van der Waals surface area contributed by atoms with E-state index in [4.69, 9.17) is 25.7 Å². The number of fused-ring (bicyclic) bond motifs is 4. The van der Waals surface area contributed by atoms with E-state index in [1.165, 1.54) is 0 Å². The maximum absolute atomic E-state index is 5.99. The fraction of sp³-hybridized carbons (Fsp3) is 0.235. The number of methoxy groups -OCH3 is 1. The number of anilines is 3. The van der Waals surface area contributed by atoms with Gasteiger partial charge in [0, 0.05) is 12.6 Å². The van der Waals surface area contributed by atoms with Crippen molar-refractivity contribution < 1.29 is 14.2 Å². The molecule has 0 atom stereocenters. The van der Waals surface area contributed by atoms with Crippen LogP contribution in [0.2, 0.25) is 0 Å². The average Bonchev–Trinajstić information content (AvgIpc) is 2.59. The Hall–Kier alpha value is -3.09. The van der Waals surface area contributed by atoms with E-state index in [9.17, 15) is 0 Å². The molecule has 126 valence electrons. The largest absolute Gasteiger partial charge is 0.493 e. The molecule has 1 aliphatic heterocycles. The standard InChI is InChI=1S/C17H20N4O3/c1-22-13-5-4-11-8-14(13)23-6-2-3-7-24-15-9-12(20-10-11)16(18)17(19)21-15/h2-5,8-9,20H,6-7,10,18H2,1H3,(H2,19,21)/b3-2+. The first-order valence-corrected chi connectivity index (χ1v) is 7.54. The second kappa shape index (κ2) is 6.99. The zero-order valence-electron chi connectivity index (χ0n) is 13.4. The van der Waals surface area contributed by atoms with Crippen LogP contribution in [0.25, 0.3) is 0 Å². The fourth-order valence-corrected chi connectivity index (χ4v) is 2.32. The predicted molar refractivity (Wildman–Crippen MR) is 93.5 cm³/mol. The smallest absolute Gasteiger partial charge is 0.217 e. The van der Waals surface area contributed by atoms with Gasteiger partial charge in [0.15, 0.2) is 17.3 Å². The molecule has 2 aromatic rings. The van der Waals surface area contributed by atoms with E-state index < -0.39 is 0 Å². The van der Waals surface area contributed by atoms with Crippen molar-refractivity contribution in [1.29, 1.82) is 0 Å². The third-order valence-electron chi connectivity index (χ3n) is 3.60. The molecule has 7 nitrogen and oxygen atoms in total. The molecule has 0 saturated carbocycles. The first-order chi connectivity index (χ1) is 11.7. The van der Waals surface area contributed by atoms with Crippen LogP contribution >= 0.6 is 0 Å². The van der Waals surface area contributed by atoms with Crippen molar-refractivity contribution in [2.24, 2.45) is 0 Å². The highest BCUT2D eigenvalue weighted by Gasteiger charge is 2.10. The van der Waals surface area contributed by atoms with Crippen molar-refractivity contribution in [2.75, 3.05) is 37.1 Å². The molecule has 0 fully saturated rings. The fourth-order valence-electron chi connectivity index (χ4n) is 2.32. The van der Waals surface area contributed by atoms with Crippen LogP contribution in [0, 0.1) is 0 Å². The minimum absolute atomic E-state index is 0.241. The summed E-state index contributed by atoms with van der Waals surface area (Å²) in [5.74, 6) is 2.03. The number of hydrogen-bond acceptors (Lipinski definition) is 7. The predicted octanol–water partition coefficient (Wildman–Crippen LogP) is 2.19. The maximum Gasteiger partial charge on any atom is 0.217 e. The van der Waals surface area contributed by atoms with Crippen molar-refractivity contribution in [1.82, 2.24) is 4.98 Å². The van der Waals surface area contributed by atoms with Crippen LogP contribution < -0.4 is 31.0 Å². The van der Waals surface area contributed by atoms with Crippen LogP contribution in [0.5, 0.6) is 17.4 Å². The van der Waals surface area contributed by atoms with E-state index in [0.717, 1.165) is 5.56 Å². The molecule has 1 aromatic heterocycles. The van der Waals surface area contributed by atoms with Gasteiger partial charge in [-0.05, 0) is 29.8 Å². The number of nitrogens with zero attached hydrogens (tertiary/aromatic N) is 1. The molecular weight excluding hydrogens is 308 g/mol. The monoisotopic (exact) mass is 328 g/mol. The molecule has 0 aliphatic carbocycles. The van der Waals surface area contributed by atoms with Gasteiger partial charge in [0.2, 0.25) is 5.88 Å². The molecule has 24 heavy (non-hydrogen) atoms. The Kier molecular flexibility index (Phi) is 4.60. The summed E-state index contributed by atoms with van der Waals surface area (Å²) in [6.45, 7) is 1.32. The van der Waals surface area contributed by atoms with Crippen molar-refractivity contribution in [2.45, 2.75) is 6.54 Å². The molecular formula is C17H20N4O3. The summed E-state index contributed by atoms with van der Waals surface area (Å²) < 4.78 is 16.6. The number of benzene rings is 1. The highest BCUT2D eigenvalue weighted by Crippen LogP contribution is 2.31. The highest BCUT2D eigenvalue weighted by molar-refractivity contribution is 5.77. The molecule has 0 saturated heterocycles. The quantitative estimate of drug-likeness (QED) is 0.689. The van der Waals surface area contributed by atoms with E-state index in [0.29, 0.717) is 48.5 Å². The number of nitrogens with two attached hydrogens (primary N) is 2. The number of ether oxygens (including phenoxy) is 3. The first kappa shape index (κ1) is 15.8. The minimum Gasteiger partial charge on any atom is -0.493 e. The molecule has 0 radical (unpaired) electrons. The van der Waals surface area contributed by atoms with E-state index in [-0.39, 0.29) is 5.82 Å². The van der Waals surface area contributed by atoms with Crippen LogP contribution in [0.1, 0.15) is 5.56 Å². The number of aromatic nitrogens is 1. The van der Waals surface area contributed by atoms with Crippen molar-refractivity contribution in [3.63, 3.8) is 0 Å². The summed E-state index contributed by atoms with van der Waals surface area (Å²) in [6, 6.07) is 7.51. The third-order valence-corrected chi connectivity index (χ3v) is 3.60. The van der Waals surface area contributed by atoms with Gasteiger partial charge < -0.3 is 31.0 Å². The second-order valence-corrected chi connectivity index (χ2v) is 5.24. The Morgan fingerprint density at radius 3 is 2.71 bits per heavy atom. The molecule has 0 unspecified atom stereocenters. The van der Waals surface area contributed by atoms with Gasteiger partial charge in [0.25, 0.3) is 0 Å². The maximum atomic E-state index is 5.99. The van der Waals surface area contributed by atoms with Crippen molar-refractivity contribution in [3.8, 4) is 17.4 Å². The highest BCUT2D eigenvalue weighted by atomic mass is 16.5. The normalized spacial score (nSPS) is 15.2. The van der Waals surface area contributed by atoms with Crippen LogP contribution in [0.4, 0.5) is 17.2 Å². The molecule has 1 aromatic carbocycles. The van der Waals surface area contributed by atoms with Crippen molar-refractivity contribution in [3.05, 3.63) is 42.0 Å². The number of nitrogens with one attached hydrogen (secondary N) is 1. The van der Waals surface area contributed by atoms with Gasteiger partial charge in [0.05, 0.1) is 18.5 Å².